The minimum Gasteiger partial charge on any atom is -0.484 e. The summed E-state index contributed by atoms with van der Waals surface area (Å²) in [5, 5.41) is 6.49. The molecule has 23 heavy (non-hydrogen) atoms. The number of carbonyl (C=O) groups is 1. The molecular weight excluding hydrogens is 288 g/mol. The van der Waals surface area contributed by atoms with Crippen LogP contribution in [-0.4, -0.2) is 18.2 Å². The van der Waals surface area contributed by atoms with Gasteiger partial charge in [-0.3, -0.25) is 4.79 Å². The Bertz CT molecular complexity index is 724. The molecule has 0 spiro atoms. The lowest BCUT2D eigenvalue weighted by molar-refractivity contribution is -0.123. The van der Waals surface area contributed by atoms with Crippen LogP contribution in [0.25, 0.3) is 10.8 Å². The normalized spacial score (nSPS) is 19.7. The fourth-order valence-electron chi connectivity index (χ4n) is 2.94. The molecule has 1 amide bonds. The van der Waals surface area contributed by atoms with E-state index in [9.17, 15) is 4.79 Å². The number of amides is 1. The van der Waals surface area contributed by atoms with Gasteiger partial charge in [-0.25, -0.2) is 5.43 Å². The van der Waals surface area contributed by atoms with Gasteiger partial charge >= 0.3 is 0 Å². The van der Waals surface area contributed by atoms with Gasteiger partial charge in [-0.05, 0) is 54.5 Å². The van der Waals surface area contributed by atoms with Gasteiger partial charge in [0.25, 0.3) is 5.91 Å². The topological polar surface area (TPSA) is 50.7 Å². The molecule has 1 atom stereocenters. The summed E-state index contributed by atoms with van der Waals surface area (Å²) < 4.78 is 5.56. The molecule has 4 nitrogen and oxygen atoms in total. The molecule has 0 radical (unpaired) electrons. The molecule has 1 saturated carbocycles. The standard InChI is InChI=1S/C19H22N2O2/c1-14-5-4-8-17(11-14)20-21-19(22)13-23-18-10-9-15-6-2-3-7-16(15)12-18/h2-3,6-7,9-10,12,14H,4-5,8,11,13H2,1H3,(H,21,22)/b20-17+. The molecule has 1 N–H and O–H groups in total. The molecule has 0 aliphatic heterocycles. The minimum absolute atomic E-state index is 0.0231. The highest BCUT2D eigenvalue weighted by Gasteiger charge is 2.14. The van der Waals surface area contributed by atoms with Crippen molar-refractivity contribution in [1.82, 2.24) is 5.43 Å². The van der Waals surface area contributed by atoms with E-state index in [-0.39, 0.29) is 12.5 Å². The minimum atomic E-state index is -0.219. The number of nitrogens with one attached hydrogen (secondary N) is 1. The monoisotopic (exact) mass is 310 g/mol. The molecular formula is C19H22N2O2. The summed E-state index contributed by atoms with van der Waals surface area (Å²) in [6.07, 6.45) is 4.36. The zero-order valence-corrected chi connectivity index (χ0v) is 13.4. The molecule has 0 aromatic heterocycles. The Morgan fingerprint density at radius 1 is 1.26 bits per heavy atom. The molecule has 120 valence electrons. The van der Waals surface area contributed by atoms with Gasteiger partial charge in [-0.15, -0.1) is 0 Å². The molecule has 1 fully saturated rings. The van der Waals surface area contributed by atoms with Crippen LogP contribution in [0.15, 0.2) is 47.6 Å². The van der Waals surface area contributed by atoms with E-state index < -0.39 is 0 Å². The smallest absolute Gasteiger partial charge is 0.277 e. The van der Waals surface area contributed by atoms with Gasteiger partial charge in [-0.1, -0.05) is 37.3 Å². The van der Waals surface area contributed by atoms with Crippen LogP contribution >= 0.6 is 0 Å². The predicted octanol–water partition coefficient (Wildman–Crippen LogP) is 3.90. The SMILES string of the molecule is CC1CCC/C(=N\NC(=O)COc2ccc3ccccc3c2)C1. The van der Waals surface area contributed by atoms with Gasteiger partial charge in [0.2, 0.25) is 0 Å². The number of hydrogen-bond acceptors (Lipinski definition) is 3. The lowest BCUT2D eigenvalue weighted by Crippen LogP contribution is -2.27. The predicted molar refractivity (Wildman–Crippen MR) is 92.7 cm³/mol. The van der Waals surface area contributed by atoms with Crippen molar-refractivity contribution in [2.75, 3.05) is 6.61 Å². The number of hydrazone groups is 1. The second-order valence-corrected chi connectivity index (χ2v) is 6.21. The third-order valence-electron chi connectivity index (χ3n) is 4.18. The molecule has 0 heterocycles. The zero-order valence-electron chi connectivity index (χ0n) is 13.4. The number of benzene rings is 2. The van der Waals surface area contributed by atoms with Crippen LogP contribution in [0.4, 0.5) is 0 Å². The van der Waals surface area contributed by atoms with Crippen LogP contribution in [0, 0.1) is 5.92 Å². The van der Waals surface area contributed by atoms with Crippen molar-refractivity contribution in [3.8, 4) is 5.75 Å². The molecule has 1 aliphatic rings. The Kier molecular flexibility index (Phi) is 4.91. The van der Waals surface area contributed by atoms with E-state index in [0.717, 1.165) is 35.7 Å². The second-order valence-electron chi connectivity index (χ2n) is 6.21. The number of rotatable bonds is 4. The molecule has 0 bridgehead atoms. The number of fused-ring (bicyclic) bond motifs is 1. The summed E-state index contributed by atoms with van der Waals surface area (Å²) in [7, 11) is 0. The number of carbonyl (C=O) groups excluding carboxylic acids is 1. The Labute approximate surface area is 136 Å². The molecule has 4 heteroatoms. The summed E-state index contributed by atoms with van der Waals surface area (Å²) in [6.45, 7) is 2.20. The molecule has 2 aromatic rings. The van der Waals surface area contributed by atoms with Gasteiger partial charge in [0.1, 0.15) is 5.75 Å². The zero-order chi connectivity index (χ0) is 16.1. The van der Waals surface area contributed by atoms with Crippen LogP contribution in [0.5, 0.6) is 5.75 Å². The van der Waals surface area contributed by atoms with Crippen molar-refractivity contribution in [3.05, 3.63) is 42.5 Å². The average molecular weight is 310 g/mol. The maximum Gasteiger partial charge on any atom is 0.277 e. The van der Waals surface area contributed by atoms with Crippen LogP contribution in [0.3, 0.4) is 0 Å². The first-order valence-electron chi connectivity index (χ1n) is 8.16. The third kappa shape index (κ3) is 4.31. The lowest BCUT2D eigenvalue weighted by atomic mass is 9.89. The van der Waals surface area contributed by atoms with Gasteiger partial charge in [0.05, 0.1) is 0 Å². The molecule has 1 aliphatic carbocycles. The fourth-order valence-corrected chi connectivity index (χ4v) is 2.94. The quantitative estimate of drug-likeness (QED) is 0.871. The summed E-state index contributed by atoms with van der Waals surface area (Å²) in [5.74, 6) is 1.13. The average Bonchev–Trinajstić information content (AvgIpc) is 2.58. The summed E-state index contributed by atoms with van der Waals surface area (Å²) in [5.41, 5.74) is 3.69. The molecule has 3 rings (SSSR count). The summed E-state index contributed by atoms with van der Waals surface area (Å²) >= 11 is 0. The van der Waals surface area contributed by atoms with Crippen molar-refractivity contribution in [3.63, 3.8) is 0 Å². The van der Waals surface area contributed by atoms with E-state index in [2.05, 4.69) is 17.5 Å². The summed E-state index contributed by atoms with van der Waals surface area (Å²) in [6, 6.07) is 13.9. The van der Waals surface area contributed by atoms with Crippen molar-refractivity contribution in [2.24, 2.45) is 11.0 Å². The van der Waals surface area contributed by atoms with E-state index in [0.29, 0.717) is 11.7 Å². The van der Waals surface area contributed by atoms with Crippen LogP contribution in [0.1, 0.15) is 32.6 Å². The van der Waals surface area contributed by atoms with Crippen molar-refractivity contribution >= 4 is 22.4 Å². The first kappa shape index (κ1) is 15.5. The van der Waals surface area contributed by atoms with E-state index in [1.54, 1.807) is 0 Å². The van der Waals surface area contributed by atoms with Gasteiger partial charge < -0.3 is 4.74 Å². The number of nitrogens with zero attached hydrogens (tertiary/aromatic N) is 1. The van der Waals surface area contributed by atoms with E-state index in [4.69, 9.17) is 4.74 Å². The van der Waals surface area contributed by atoms with E-state index in [1.165, 1.54) is 6.42 Å². The highest BCUT2D eigenvalue weighted by molar-refractivity contribution is 5.87. The van der Waals surface area contributed by atoms with Crippen molar-refractivity contribution in [1.29, 1.82) is 0 Å². The third-order valence-corrected chi connectivity index (χ3v) is 4.18. The number of ether oxygens (including phenoxy) is 1. The molecule has 1 unspecified atom stereocenters. The second kappa shape index (κ2) is 7.27. The van der Waals surface area contributed by atoms with Gasteiger partial charge in [0, 0.05) is 5.71 Å². The Balaban J connectivity index is 1.52. The molecule has 0 saturated heterocycles. The highest BCUT2D eigenvalue weighted by atomic mass is 16.5. The highest BCUT2D eigenvalue weighted by Crippen LogP contribution is 2.21. The Morgan fingerprint density at radius 2 is 2.09 bits per heavy atom. The van der Waals surface area contributed by atoms with Gasteiger partial charge in [-0.2, -0.15) is 5.10 Å². The van der Waals surface area contributed by atoms with Crippen LogP contribution < -0.4 is 10.2 Å². The first-order valence-corrected chi connectivity index (χ1v) is 8.16. The van der Waals surface area contributed by atoms with Crippen LogP contribution in [-0.2, 0) is 4.79 Å². The maximum absolute atomic E-state index is 11.9. The van der Waals surface area contributed by atoms with Crippen LogP contribution in [0.2, 0.25) is 0 Å². The lowest BCUT2D eigenvalue weighted by Gasteiger charge is -2.18. The Morgan fingerprint density at radius 3 is 2.91 bits per heavy atom. The largest absolute Gasteiger partial charge is 0.484 e. The van der Waals surface area contributed by atoms with Gasteiger partial charge in [0.15, 0.2) is 6.61 Å². The number of hydrogen-bond donors (Lipinski definition) is 1. The fraction of sp³-hybridized carbons (Fsp3) is 0.368. The van der Waals surface area contributed by atoms with Crippen molar-refractivity contribution in [2.45, 2.75) is 32.6 Å². The van der Waals surface area contributed by atoms with E-state index >= 15 is 0 Å². The maximum atomic E-state index is 11.9. The van der Waals surface area contributed by atoms with Crippen molar-refractivity contribution < 1.29 is 9.53 Å². The first-order chi connectivity index (χ1) is 11.2. The summed E-state index contributed by atoms with van der Waals surface area (Å²) in [4.78, 5) is 11.9. The molecule has 2 aromatic carbocycles. The van der Waals surface area contributed by atoms with E-state index in [1.807, 2.05) is 42.5 Å². The Hall–Kier alpha value is -2.36.